The van der Waals surface area contributed by atoms with Gasteiger partial charge in [-0.3, -0.25) is 14.5 Å². The minimum absolute atomic E-state index is 0.00532. The van der Waals surface area contributed by atoms with E-state index in [0.29, 0.717) is 30.9 Å². The van der Waals surface area contributed by atoms with Crippen molar-refractivity contribution < 1.29 is 19.1 Å². The first-order valence-corrected chi connectivity index (χ1v) is 12.0. The van der Waals surface area contributed by atoms with Crippen molar-refractivity contribution in [3.05, 3.63) is 53.6 Å². The molecule has 4 aliphatic rings. The summed E-state index contributed by atoms with van der Waals surface area (Å²) < 4.78 is 11.4. The van der Waals surface area contributed by atoms with Gasteiger partial charge in [0, 0.05) is 55.6 Å². The van der Waals surface area contributed by atoms with Crippen LogP contribution >= 0.6 is 0 Å². The number of Topliss-reactive ketones (excluding diaryl/α,β-unsaturated/α-hetero) is 2. The summed E-state index contributed by atoms with van der Waals surface area (Å²) in [5.74, 6) is 1.63. The van der Waals surface area contributed by atoms with Gasteiger partial charge in [-0.05, 0) is 25.1 Å². The molecule has 6 rings (SSSR count). The second-order valence-electron chi connectivity index (χ2n) is 9.16. The van der Waals surface area contributed by atoms with Gasteiger partial charge in [0.2, 0.25) is 0 Å². The van der Waals surface area contributed by atoms with Crippen molar-refractivity contribution in [1.29, 1.82) is 0 Å². The number of carbonyl (C=O) groups excluding carboxylic acids is 2. The molecule has 0 aromatic heterocycles. The van der Waals surface area contributed by atoms with Crippen LogP contribution in [0.2, 0.25) is 0 Å². The van der Waals surface area contributed by atoms with E-state index in [1.54, 1.807) is 18.2 Å². The Labute approximate surface area is 198 Å². The number of hydrogen-bond acceptors (Lipinski definition) is 9. The topological polar surface area (TPSA) is 86.4 Å². The van der Waals surface area contributed by atoms with Crippen molar-refractivity contribution in [3.8, 4) is 11.5 Å². The molecule has 9 nitrogen and oxygen atoms in total. The van der Waals surface area contributed by atoms with Crippen molar-refractivity contribution in [1.82, 2.24) is 20.9 Å². The van der Waals surface area contributed by atoms with E-state index < -0.39 is 12.1 Å². The quantitative estimate of drug-likeness (QED) is 0.677. The predicted octanol–water partition coefficient (Wildman–Crippen LogP) is 1.11. The number of hydrogen-bond donors (Lipinski definition) is 2. The van der Waals surface area contributed by atoms with Crippen LogP contribution < -0.4 is 25.3 Å². The summed E-state index contributed by atoms with van der Waals surface area (Å²) in [6.45, 7) is 6.72. The molecule has 2 saturated heterocycles. The highest BCUT2D eigenvalue weighted by Crippen LogP contribution is 2.34. The summed E-state index contributed by atoms with van der Waals surface area (Å²) in [6, 6.07) is 12.3. The largest absolute Gasteiger partial charge is 0.486 e. The molecular formula is C25H29N5O4. The highest BCUT2D eigenvalue weighted by atomic mass is 16.6. The zero-order chi connectivity index (χ0) is 23.1. The Balaban J connectivity index is 1.01. The van der Waals surface area contributed by atoms with Crippen LogP contribution in [0, 0.1) is 0 Å². The van der Waals surface area contributed by atoms with Gasteiger partial charge in [-0.25, -0.2) is 10.4 Å². The van der Waals surface area contributed by atoms with Gasteiger partial charge < -0.3 is 14.4 Å². The summed E-state index contributed by atoms with van der Waals surface area (Å²) in [5.41, 5.74) is 8.32. The average Bonchev–Trinajstić information content (AvgIpc) is 3.32. The van der Waals surface area contributed by atoms with E-state index in [2.05, 4.69) is 32.9 Å². The van der Waals surface area contributed by atoms with Gasteiger partial charge in [-0.2, -0.15) is 5.53 Å². The fraction of sp³-hybridized carbons (Fsp3) is 0.440. The molecule has 0 amide bonds. The van der Waals surface area contributed by atoms with E-state index in [1.165, 1.54) is 5.69 Å². The van der Waals surface area contributed by atoms with E-state index in [1.807, 2.05) is 17.1 Å². The molecule has 1 aliphatic carbocycles. The molecule has 2 aromatic carbocycles. The Hall–Kier alpha value is -2.98. The monoisotopic (exact) mass is 463 g/mol. The lowest BCUT2D eigenvalue weighted by Crippen LogP contribution is -2.51. The molecule has 0 bridgehead atoms. The molecule has 2 atom stereocenters. The number of ether oxygens (including phenoxy) is 2. The molecule has 3 aliphatic heterocycles. The van der Waals surface area contributed by atoms with Crippen molar-refractivity contribution in [2.24, 2.45) is 0 Å². The summed E-state index contributed by atoms with van der Waals surface area (Å²) in [5, 5.41) is 1.90. The molecule has 178 valence electrons. The number of piperazine rings is 1. The van der Waals surface area contributed by atoms with E-state index >= 15 is 0 Å². The first-order chi connectivity index (χ1) is 16.7. The zero-order valence-corrected chi connectivity index (χ0v) is 19.0. The minimum atomic E-state index is -0.531. The SMILES string of the molecule is O=C1c2ccccc2C(=O)C2C1NNN2CCCN1CCN(c2ccc3c(c2)OCCO3)CC1. The number of carbonyl (C=O) groups is 2. The first kappa shape index (κ1) is 21.5. The lowest BCUT2D eigenvalue weighted by molar-refractivity contribution is 0.0733. The fourth-order valence-electron chi connectivity index (χ4n) is 5.34. The number of ketones is 2. The third-order valence-corrected chi connectivity index (χ3v) is 7.16. The smallest absolute Gasteiger partial charge is 0.184 e. The molecule has 0 saturated carbocycles. The number of benzene rings is 2. The molecule has 34 heavy (non-hydrogen) atoms. The number of fused-ring (bicyclic) bond motifs is 3. The van der Waals surface area contributed by atoms with E-state index in [0.717, 1.165) is 50.6 Å². The standard InChI is InChI=1S/C25H29N5O4/c31-24-18-4-1-2-5-19(18)25(32)23-22(24)26-27-30(23)9-3-8-28-10-12-29(13-11-28)17-6-7-20-21(16-17)34-15-14-33-20/h1-2,4-7,16,22-23,26-27H,3,8-15H2. The molecule has 2 unspecified atom stereocenters. The number of rotatable bonds is 5. The Bertz CT molecular complexity index is 1100. The van der Waals surface area contributed by atoms with Crippen molar-refractivity contribution in [2.75, 3.05) is 57.4 Å². The maximum Gasteiger partial charge on any atom is 0.184 e. The summed E-state index contributed by atoms with van der Waals surface area (Å²) in [4.78, 5) is 30.7. The van der Waals surface area contributed by atoms with Crippen LogP contribution in [0.5, 0.6) is 11.5 Å². The molecule has 2 N–H and O–H groups in total. The van der Waals surface area contributed by atoms with E-state index in [9.17, 15) is 9.59 Å². The van der Waals surface area contributed by atoms with Crippen molar-refractivity contribution in [2.45, 2.75) is 18.5 Å². The van der Waals surface area contributed by atoms with Gasteiger partial charge in [0.25, 0.3) is 0 Å². The van der Waals surface area contributed by atoms with Crippen LogP contribution in [0.4, 0.5) is 5.69 Å². The zero-order valence-electron chi connectivity index (χ0n) is 19.0. The predicted molar refractivity (Wildman–Crippen MR) is 126 cm³/mol. The highest BCUT2D eigenvalue weighted by molar-refractivity contribution is 6.19. The Kier molecular flexibility index (Phi) is 5.70. The molecule has 2 fully saturated rings. The number of hydrazine groups is 2. The third-order valence-electron chi connectivity index (χ3n) is 7.16. The van der Waals surface area contributed by atoms with E-state index in [-0.39, 0.29) is 11.6 Å². The van der Waals surface area contributed by atoms with Crippen molar-refractivity contribution in [3.63, 3.8) is 0 Å². The van der Waals surface area contributed by atoms with Gasteiger partial charge in [-0.1, -0.05) is 24.3 Å². The number of nitrogens with one attached hydrogen (secondary N) is 2. The molecule has 0 spiro atoms. The first-order valence-electron chi connectivity index (χ1n) is 12.0. The van der Waals surface area contributed by atoms with Crippen LogP contribution in [0.15, 0.2) is 42.5 Å². The molecular weight excluding hydrogens is 434 g/mol. The van der Waals surface area contributed by atoms with Crippen LogP contribution in [0.1, 0.15) is 27.1 Å². The van der Waals surface area contributed by atoms with Gasteiger partial charge >= 0.3 is 0 Å². The second kappa shape index (κ2) is 8.99. The number of nitrogens with zero attached hydrogens (tertiary/aromatic N) is 3. The molecule has 0 radical (unpaired) electrons. The molecule has 3 heterocycles. The maximum absolute atomic E-state index is 13.1. The minimum Gasteiger partial charge on any atom is -0.486 e. The second-order valence-corrected chi connectivity index (χ2v) is 9.16. The summed E-state index contributed by atoms with van der Waals surface area (Å²) in [6.07, 6.45) is 0.908. The van der Waals surface area contributed by atoms with Crippen molar-refractivity contribution >= 4 is 17.3 Å². The van der Waals surface area contributed by atoms with Gasteiger partial charge in [0.1, 0.15) is 25.3 Å². The lowest BCUT2D eigenvalue weighted by Gasteiger charge is -2.37. The maximum atomic E-state index is 13.1. The lowest BCUT2D eigenvalue weighted by atomic mass is 9.83. The Morgan fingerprint density at radius 2 is 1.59 bits per heavy atom. The van der Waals surface area contributed by atoms with E-state index in [4.69, 9.17) is 9.47 Å². The highest BCUT2D eigenvalue weighted by Gasteiger charge is 2.48. The molecule has 2 aromatic rings. The normalized spacial score (nSPS) is 24.8. The average molecular weight is 464 g/mol. The van der Waals surface area contributed by atoms with Crippen LogP contribution in [0.3, 0.4) is 0 Å². The third kappa shape index (κ3) is 3.84. The van der Waals surface area contributed by atoms with Crippen LogP contribution in [-0.2, 0) is 0 Å². The summed E-state index contributed by atoms with van der Waals surface area (Å²) in [7, 11) is 0. The fourth-order valence-corrected chi connectivity index (χ4v) is 5.34. The Morgan fingerprint density at radius 3 is 2.38 bits per heavy atom. The van der Waals surface area contributed by atoms with Gasteiger partial charge in [-0.15, -0.1) is 0 Å². The van der Waals surface area contributed by atoms with Crippen LogP contribution in [-0.4, -0.2) is 86.0 Å². The Morgan fingerprint density at radius 1 is 0.853 bits per heavy atom. The molecule has 9 heteroatoms. The van der Waals surface area contributed by atoms with Crippen LogP contribution in [0.25, 0.3) is 0 Å². The summed E-state index contributed by atoms with van der Waals surface area (Å²) >= 11 is 0. The number of anilines is 1. The van der Waals surface area contributed by atoms with Gasteiger partial charge in [0.15, 0.2) is 23.1 Å². The van der Waals surface area contributed by atoms with Gasteiger partial charge in [0.05, 0.1) is 0 Å².